The maximum absolute atomic E-state index is 9.38. The van der Waals surface area contributed by atoms with Crippen molar-refractivity contribution in [3.05, 3.63) is 36.2 Å². The van der Waals surface area contributed by atoms with Crippen LogP contribution in [-0.4, -0.2) is 19.9 Å². The molecule has 0 radical (unpaired) electrons. The maximum atomic E-state index is 9.38. The van der Waals surface area contributed by atoms with Gasteiger partial charge in [0, 0.05) is 11.9 Å². The molecule has 4 nitrogen and oxygen atoms in total. The molecule has 0 unspecified atom stereocenters. The maximum Gasteiger partial charge on any atom is 0.195 e. The minimum absolute atomic E-state index is 0.422. The molecule has 2 rings (SSSR count). The quantitative estimate of drug-likeness (QED) is 0.884. The smallest absolute Gasteiger partial charge is 0.195 e. The van der Waals surface area contributed by atoms with Crippen LogP contribution in [0.4, 0.5) is 0 Å². The van der Waals surface area contributed by atoms with Crippen molar-refractivity contribution < 1.29 is 5.11 Å². The molecule has 2 aromatic rings. The minimum atomic E-state index is -0.422. The summed E-state index contributed by atoms with van der Waals surface area (Å²) in [5.74, 6) is 0. The zero-order valence-corrected chi connectivity index (χ0v) is 9.98. The molecule has 1 aromatic heterocycles. The van der Waals surface area contributed by atoms with E-state index in [9.17, 15) is 5.11 Å². The van der Waals surface area contributed by atoms with Crippen LogP contribution in [0.3, 0.4) is 0 Å². The summed E-state index contributed by atoms with van der Waals surface area (Å²) in [6, 6.07) is 7.79. The van der Waals surface area contributed by atoms with Gasteiger partial charge in [-0.15, -0.1) is 10.2 Å². The van der Waals surface area contributed by atoms with Crippen LogP contribution in [0.5, 0.6) is 0 Å². The normalized spacial score (nSPS) is 12.7. The van der Waals surface area contributed by atoms with E-state index in [-0.39, 0.29) is 0 Å². The molecular weight excluding hydrogens is 222 g/mol. The van der Waals surface area contributed by atoms with Crippen molar-refractivity contribution in [1.82, 2.24) is 14.8 Å². The number of hydrogen-bond donors (Lipinski definition) is 1. The number of aliphatic hydroxyl groups is 1. The molecule has 16 heavy (non-hydrogen) atoms. The summed E-state index contributed by atoms with van der Waals surface area (Å²) in [5.41, 5.74) is 0.919. The van der Waals surface area contributed by atoms with Gasteiger partial charge in [0.25, 0.3) is 0 Å². The molecule has 0 spiro atoms. The van der Waals surface area contributed by atoms with Gasteiger partial charge in [-0.2, -0.15) is 0 Å². The molecule has 5 heteroatoms. The van der Waals surface area contributed by atoms with Crippen LogP contribution < -0.4 is 0 Å². The summed E-state index contributed by atoms with van der Waals surface area (Å²) in [6.07, 6.45) is 1.25. The Morgan fingerprint density at radius 3 is 2.50 bits per heavy atom. The van der Waals surface area contributed by atoms with Crippen molar-refractivity contribution in [3.8, 4) is 0 Å². The average Bonchev–Trinajstić information content (AvgIpc) is 2.65. The fourth-order valence-corrected chi connectivity index (χ4v) is 2.05. The third kappa shape index (κ3) is 2.43. The van der Waals surface area contributed by atoms with Gasteiger partial charge in [-0.3, -0.25) is 0 Å². The van der Waals surface area contributed by atoms with E-state index in [1.165, 1.54) is 0 Å². The van der Waals surface area contributed by atoms with E-state index in [0.717, 1.165) is 15.6 Å². The van der Waals surface area contributed by atoms with Crippen LogP contribution >= 0.6 is 11.8 Å². The Hall–Kier alpha value is -1.33. The highest BCUT2D eigenvalue weighted by atomic mass is 32.2. The van der Waals surface area contributed by atoms with E-state index in [2.05, 4.69) is 10.2 Å². The van der Waals surface area contributed by atoms with Gasteiger partial charge in [0.15, 0.2) is 5.16 Å². The molecule has 84 valence electrons. The highest BCUT2D eigenvalue weighted by Gasteiger charge is 2.04. The summed E-state index contributed by atoms with van der Waals surface area (Å²) in [5, 5.41) is 18.0. The fourth-order valence-electron chi connectivity index (χ4n) is 1.28. The first-order valence-electron chi connectivity index (χ1n) is 4.96. The number of aromatic nitrogens is 3. The van der Waals surface area contributed by atoms with E-state index >= 15 is 0 Å². The Morgan fingerprint density at radius 2 is 2.00 bits per heavy atom. The lowest BCUT2D eigenvalue weighted by atomic mass is 10.1. The summed E-state index contributed by atoms with van der Waals surface area (Å²) < 4.78 is 1.87. The molecule has 0 saturated heterocycles. The van der Waals surface area contributed by atoms with Crippen molar-refractivity contribution in [2.75, 3.05) is 0 Å². The van der Waals surface area contributed by atoms with E-state index in [1.54, 1.807) is 25.0 Å². The van der Waals surface area contributed by atoms with E-state index in [0.29, 0.717) is 0 Å². The van der Waals surface area contributed by atoms with E-state index in [4.69, 9.17) is 0 Å². The number of hydrogen-bond acceptors (Lipinski definition) is 4. The number of benzene rings is 1. The molecule has 0 saturated carbocycles. The molecule has 1 N–H and O–H groups in total. The number of aliphatic hydroxyl groups excluding tert-OH is 1. The molecule has 0 fully saturated rings. The molecule has 1 atom stereocenters. The molecule has 0 bridgehead atoms. The Labute approximate surface area is 98.3 Å². The van der Waals surface area contributed by atoms with Crippen LogP contribution in [0.1, 0.15) is 18.6 Å². The Balaban J connectivity index is 2.14. The largest absolute Gasteiger partial charge is 0.389 e. The topological polar surface area (TPSA) is 50.9 Å². The first-order valence-corrected chi connectivity index (χ1v) is 5.78. The second kappa shape index (κ2) is 4.67. The average molecular weight is 235 g/mol. The number of nitrogens with zero attached hydrogens (tertiary/aromatic N) is 3. The fraction of sp³-hybridized carbons (Fsp3) is 0.273. The molecule has 1 heterocycles. The van der Waals surface area contributed by atoms with Crippen molar-refractivity contribution in [2.45, 2.75) is 23.1 Å². The Bertz CT molecular complexity index is 464. The van der Waals surface area contributed by atoms with Gasteiger partial charge < -0.3 is 9.67 Å². The van der Waals surface area contributed by atoms with Crippen molar-refractivity contribution in [2.24, 2.45) is 7.05 Å². The molecule has 0 amide bonds. The lowest BCUT2D eigenvalue weighted by molar-refractivity contribution is 0.199. The van der Waals surface area contributed by atoms with Gasteiger partial charge in [-0.05, 0) is 36.4 Å². The predicted molar refractivity (Wildman–Crippen MR) is 62.2 cm³/mol. The van der Waals surface area contributed by atoms with Gasteiger partial charge in [0.2, 0.25) is 0 Å². The standard InChI is InChI=1S/C11H13N3OS/c1-8(15)9-3-5-10(6-4-9)16-11-13-12-7-14(11)2/h3-8,15H,1-2H3/t8-/m0/s1. The zero-order valence-electron chi connectivity index (χ0n) is 9.16. The van der Waals surface area contributed by atoms with Crippen molar-refractivity contribution in [3.63, 3.8) is 0 Å². The summed E-state index contributed by atoms with van der Waals surface area (Å²) in [7, 11) is 1.91. The molecule has 0 aliphatic rings. The summed E-state index contributed by atoms with van der Waals surface area (Å²) in [6.45, 7) is 1.75. The Kier molecular flexibility index (Phi) is 3.26. The predicted octanol–water partition coefficient (Wildman–Crippen LogP) is 2.02. The molecule has 0 aliphatic heterocycles. The van der Waals surface area contributed by atoms with Gasteiger partial charge in [-0.25, -0.2) is 0 Å². The first kappa shape index (κ1) is 11.2. The lowest BCUT2D eigenvalue weighted by Crippen LogP contribution is -1.91. The second-order valence-corrected chi connectivity index (χ2v) is 4.61. The molecule has 0 aliphatic carbocycles. The highest BCUT2D eigenvalue weighted by molar-refractivity contribution is 7.99. The van der Waals surface area contributed by atoms with Crippen molar-refractivity contribution >= 4 is 11.8 Å². The third-order valence-corrected chi connectivity index (χ3v) is 3.30. The third-order valence-electron chi connectivity index (χ3n) is 2.24. The molecular formula is C11H13N3OS. The SMILES string of the molecule is C[C@H](O)c1ccc(Sc2nncn2C)cc1. The van der Waals surface area contributed by atoms with Gasteiger partial charge in [-0.1, -0.05) is 12.1 Å². The number of rotatable bonds is 3. The van der Waals surface area contributed by atoms with Crippen LogP contribution in [0, 0.1) is 0 Å². The molecule has 1 aromatic carbocycles. The van der Waals surface area contributed by atoms with Crippen molar-refractivity contribution in [1.29, 1.82) is 0 Å². The van der Waals surface area contributed by atoms with Gasteiger partial charge >= 0.3 is 0 Å². The second-order valence-electron chi connectivity index (χ2n) is 3.57. The summed E-state index contributed by atoms with van der Waals surface area (Å²) in [4.78, 5) is 1.08. The van der Waals surface area contributed by atoms with Crippen LogP contribution in [0.15, 0.2) is 40.6 Å². The van der Waals surface area contributed by atoms with Gasteiger partial charge in [0.1, 0.15) is 6.33 Å². The van der Waals surface area contributed by atoms with Gasteiger partial charge in [0.05, 0.1) is 6.10 Å². The Morgan fingerprint density at radius 1 is 1.31 bits per heavy atom. The van der Waals surface area contributed by atoms with E-state index < -0.39 is 6.10 Å². The van der Waals surface area contributed by atoms with Crippen LogP contribution in [-0.2, 0) is 7.05 Å². The lowest BCUT2D eigenvalue weighted by Gasteiger charge is -2.05. The van der Waals surface area contributed by atoms with Crippen LogP contribution in [0.2, 0.25) is 0 Å². The first-order chi connectivity index (χ1) is 7.66. The minimum Gasteiger partial charge on any atom is -0.389 e. The summed E-state index contributed by atoms with van der Waals surface area (Å²) >= 11 is 1.55. The zero-order chi connectivity index (χ0) is 11.5. The number of aryl methyl sites for hydroxylation is 1. The monoisotopic (exact) mass is 235 g/mol. The van der Waals surface area contributed by atoms with E-state index in [1.807, 2.05) is 35.9 Å². The highest BCUT2D eigenvalue weighted by Crippen LogP contribution is 2.26. The van der Waals surface area contributed by atoms with Crippen LogP contribution in [0.25, 0.3) is 0 Å².